The molecule has 4 heteroatoms. The minimum atomic E-state index is -0.253. The maximum Gasteiger partial charge on any atom is 0.104 e. The highest BCUT2D eigenvalue weighted by Crippen LogP contribution is 2.38. The molecule has 1 N–H and O–H groups in total. The third-order valence-corrected chi connectivity index (χ3v) is 5.26. The number of quaternary nitrogens is 1. The summed E-state index contributed by atoms with van der Waals surface area (Å²) in [6.07, 6.45) is 3.08. The molecule has 1 heterocycles. The van der Waals surface area contributed by atoms with Gasteiger partial charge in [-0.05, 0) is 30.6 Å². The Morgan fingerprint density at radius 1 is 1.14 bits per heavy atom. The predicted octanol–water partition coefficient (Wildman–Crippen LogP) is 2.55. The fourth-order valence-corrected chi connectivity index (χ4v) is 3.87. The first-order valence-corrected chi connectivity index (χ1v) is 8.82. The van der Waals surface area contributed by atoms with Gasteiger partial charge in [0, 0.05) is 7.11 Å². The van der Waals surface area contributed by atoms with Gasteiger partial charge in [0.1, 0.15) is 12.6 Å². The van der Waals surface area contributed by atoms with Gasteiger partial charge in [-0.2, -0.15) is 0 Å². The van der Waals surface area contributed by atoms with Crippen LogP contribution in [0.2, 0.25) is 0 Å². The van der Waals surface area contributed by atoms with Crippen molar-refractivity contribution in [3.63, 3.8) is 0 Å². The van der Waals surface area contributed by atoms with Crippen molar-refractivity contribution in [2.75, 3.05) is 41.4 Å². The third-order valence-electron chi connectivity index (χ3n) is 5.26. The smallest absolute Gasteiger partial charge is 0.104 e. The van der Waals surface area contributed by atoms with E-state index < -0.39 is 0 Å². The molecule has 0 spiro atoms. The Hall–Kier alpha value is -0.160. The summed E-state index contributed by atoms with van der Waals surface area (Å²) in [7, 11) is 8.10. The van der Waals surface area contributed by atoms with Crippen molar-refractivity contribution in [1.82, 2.24) is 0 Å². The molecule has 0 amide bonds. The van der Waals surface area contributed by atoms with E-state index in [0.717, 1.165) is 30.3 Å². The SMILES string of the molecule is CCC1C(CCC(O)C[N+](C)(C)C)OC(COC)C(C)C1C. The van der Waals surface area contributed by atoms with E-state index in [1.54, 1.807) is 7.11 Å². The molecule has 1 fully saturated rings. The summed E-state index contributed by atoms with van der Waals surface area (Å²) in [4.78, 5) is 0. The molecule has 1 rings (SSSR count). The number of rotatable bonds is 8. The average molecular weight is 317 g/mol. The van der Waals surface area contributed by atoms with E-state index in [4.69, 9.17) is 9.47 Å². The predicted molar refractivity (Wildman–Crippen MR) is 90.8 cm³/mol. The Bertz CT molecular complexity index is 314. The fourth-order valence-electron chi connectivity index (χ4n) is 3.87. The first-order chi connectivity index (χ1) is 10.2. The number of aliphatic hydroxyl groups excluding tert-OH is 1. The Morgan fingerprint density at radius 2 is 1.77 bits per heavy atom. The van der Waals surface area contributed by atoms with Crippen LogP contribution in [0.3, 0.4) is 0 Å². The summed E-state index contributed by atoms with van der Waals surface area (Å²) in [6, 6.07) is 0. The van der Waals surface area contributed by atoms with Gasteiger partial charge in [-0.25, -0.2) is 0 Å². The molecular formula is C18H38NO3+. The van der Waals surface area contributed by atoms with Crippen molar-refractivity contribution < 1.29 is 19.1 Å². The number of nitrogens with zero attached hydrogens (tertiary/aromatic N) is 1. The molecular weight excluding hydrogens is 278 g/mol. The van der Waals surface area contributed by atoms with Gasteiger partial charge >= 0.3 is 0 Å². The van der Waals surface area contributed by atoms with E-state index in [9.17, 15) is 5.11 Å². The van der Waals surface area contributed by atoms with Gasteiger partial charge in [-0.1, -0.05) is 27.2 Å². The lowest BCUT2D eigenvalue weighted by atomic mass is 9.73. The van der Waals surface area contributed by atoms with E-state index in [2.05, 4.69) is 41.9 Å². The normalized spacial score (nSPS) is 34.6. The second-order valence-electron chi connectivity index (χ2n) is 8.16. The Balaban J connectivity index is 2.61. The van der Waals surface area contributed by atoms with Crippen LogP contribution in [-0.2, 0) is 9.47 Å². The lowest BCUT2D eigenvalue weighted by Crippen LogP contribution is -2.48. The van der Waals surface area contributed by atoms with Gasteiger partial charge in [0.05, 0.1) is 40.0 Å². The largest absolute Gasteiger partial charge is 0.387 e. The second kappa shape index (κ2) is 8.62. The molecule has 1 aliphatic rings. The summed E-state index contributed by atoms with van der Waals surface area (Å²) in [6.45, 7) is 8.33. The lowest BCUT2D eigenvalue weighted by Gasteiger charge is -2.45. The Labute approximate surface area is 137 Å². The lowest BCUT2D eigenvalue weighted by molar-refractivity contribution is -0.873. The van der Waals surface area contributed by atoms with E-state index in [-0.39, 0.29) is 18.3 Å². The zero-order valence-corrected chi connectivity index (χ0v) is 15.7. The van der Waals surface area contributed by atoms with Gasteiger partial charge in [-0.3, -0.25) is 0 Å². The van der Waals surface area contributed by atoms with Crippen molar-refractivity contribution in [2.45, 2.75) is 58.3 Å². The van der Waals surface area contributed by atoms with Gasteiger partial charge in [0.15, 0.2) is 0 Å². The molecule has 0 aromatic heterocycles. The van der Waals surface area contributed by atoms with Crippen molar-refractivity contribution in [2.24, 2.45) is 17.8 Å². The van der Waals surface area contributed by atoms with Crippen molar-refractivity contribution >= 4 is 0 Å². The molecule has 0 aliphatic carbocycles. The molecule has 22 heavy (non-hydrogen) atoms. The monoisotopic (exact) mass is 316 g/mol. The van der Waals surface area contributed by atoms with Gasteiger partial charge in [0.2, 0.25) is 0 Å². The van der Waals surface area contributed by atoms with Crippen LogP contribution >= 0.6 is 0 Å². The molecule has 6 unspecified atom stereocenters. The number of aliphatic hydroxyl groups is 1. The van der Waals surface area contributed by atoms with Crippen molar-refractivity contribution in [3.05, 3.63) is 0 Å². The molecule has 0 aromatic carbocycles. The molecule has 0 radical (unpaired) electrons. The fraction of sp³-hybridized carbons (Fsp3) is 1.00. The number of hydrogen-bond acceptors (Lipinski definition) is 3. The molecule has 0 saturated carbocycles. The summed E-state index contributed by atoms with van der Waals surface area (Å²) < 4.78 is 12.5. The first kappa shape index (κ1) is 19.9. The quantitative estimate of drug-likeness (QED) is 0.700. The second-order valence-corrected chi connectivity index (χ2v) is 8.16. The van der Waals surface area contributed by atoms with Crippen LogP contribution in [0.15, 0.2) is 0 Å². The van der Waals surface area contributed by atoms with Gasteiger partial charge < -0.3 is 19.1 Å². The van der Waals surface area contributed by atoms with Crippen LogP contribution < -0.4 is 0 Å². The summed E-state index contributed by atoms with van der Waals surface area (Å²) >= 11 is 0. The maximum atomic E-state index is 10.3. The zero-order chi connectivity index (χ0) is 16.9. The van der Waals surface area contributed by atoms with Crippen LogP contribution in [-0.4, -0.2) is 69.3 Å². The van der Waals surface area contributed by atoms with Gasteiger partial charge in [0.25, 0.3) is 0 Å². The molecule has 0 bridgehead atoms. The van der Waals surface area contributed by atoms with E-state index in [0.29, 0.717) is 24.4 Å². The number of methoxy groups -OCH3 is 1. The van der Waals surface area contributed by atoms with Crippen LogP contribution in [0.5, 0.6) is 0 Å². The summed E-state index contributed by atoms with van der Waals surface area (Å²) in [5.41, 5.74) is 0. The molecule has 6 atom stereocenters. The number of hydrogen-bond donors (Lipinski definition) is 1. The molecule has 4 nitrogen and oxygen atoms in total. The summed E-state index contributed by atoms with van der Waals surface area (Å²) in [5.74, 6) is 1.75. The van der Waals surface area contributed by atoms with E-state index >= 15 is 0 Å². The van der Waals surface area contributed by atoms with E-state index in [1.165, 1.54) is 0 Å². The molecule has 1 aliphatic heterocycles. The standard InChI is InChI=1S/C18H38NO3/c1-8-16-13(2)14(3)18(12-21-7)22-17(16)10-9-15(20)11-19(4,5)6/h13-18,20H,8-12H2,1-7H3/q+1. The van der Waals surface area contributed by atoms with E-state index in [1.807, 2.05) is 0 Å². The molecule has 0 aromatic rings. The Morgan fingerprint density at radius 3 is 2.27 bits per heavy atom. The van der Waals surface area contributed by atoms with Crippen LogP contribution in [0.25, 0.3) is 0 Å². The van der Waals surface area contributed by atoms with Gasteiger partial charge in [-0.15, -0.1) is 0 Å². The maximum absolute atomic E-state index is 10.3. The number of likely N-dealkylation sites (N-methyl/N-ethyl adjacent to an activating group) is 1. The van der Waals surface area contributed by atoms with Crippen molar-refractivity contribution in [3.8, 4) is 0 Å². The minimum absolute atomic E-state index is 0.184. The highest BCUT2D eigenvalue weighted by molar-refractivity contribution is 4.87. The number of ether oxygens (including phenoxy) is 2. The Kier molecular flexibility index (Phi) is 7.80. The minimum Gasteiger partial charge on any atom is -0.387 e. The average Bonchev–Trinajstić information content (AvgIpc) is 2.40. The molecule has 132 valence electrons. The first-order valence-electron chi connectivity index (χ1n) is 8.82. The van der Waals surface area contributed by atoms with Crippen molar-refractivity contribution in [1.29, 1.82) is 0 Å². The zero-order valence-electron chi connectivity index (χ0n) is 15.7. The topological polar surface area (TPSA) is 38.7 Å². The molecule has 1 saturated heterocycles. The van der Waals surface area contributed by atoms with Crippen LogP contribution in [0, 0.1) is 17.8 Å². The van der Waals surface area contributed by atoms with Crippen LogP contribution in [0.1, 0.15) is 40.0 Å². The third kappa shape index (κ3) is 5.80. The summed E-state index contributed by atoms with van der Waals surface area (Å²) in [5, 5.41) is 10.3. The highest BCUT2D eigenvalue weighted by Gasteiger charge is 2.40. The highest BCUT2D eigenvalue weighted by atomic mass is 16.5. The van der Waals surface area contributed by atoms with Crippen LogP contribution in [0.4, 0.5) is 0 Å².